The lowest BCUT2D eigenvalue weighted by molar-refractivity contribution is -0.133. The molecule has 0 aliphatic heterocycles. The van der Waals surface area contributed by atoms with E-state index < -0.39 is 11.7 Å². The Balaban J connectivity index is 2.39. The number of aromatic nitrogens is 4. The minimum Gasteiger partial charge on any atom is -0.481 e. The maximum atomic E-state index is 11.9. The van der Waals surface area contributed by atoms with E-state index in [1.807, 2.05) is 6.92 Å². The topological polar surface area (TPSA) is 114 Å². The van der Waals surface area contributed by atoms with Crippen LogP contribution in [0.2, 0.25) is 0 Å². The van der Waals surface area contributed by atoms with E-state index in [0.717, 1.165) is 17.3 Å². The largest absolute Gasteiger partial charge is 0.481 e. The van der Waals surface area contributed by atoms with Crippen molar-refractivity contribution in [3.8, 4) is 0 Å². The van der Waals surface area contributed by atoms with Crippen molar-refractivity contribution in [1.29, 1.82) is 0 Å². The summed E-state index contributed by atoms with van der Waals surface area (Å²) < 4.78 is 6.50. The summed E-state index contributed by atoms with van der Waals surface area (Å²) in [4.78, 5) is 22.5. The molecule has 0 aliphatic carbocycles. The van der Waals surface area contributed by atoms with Gasteiger partial charge in [0.05, 0.1) is 17.5 Å². The van der Waals surface area contributed by atoms with Crippen molar-refractivity contribution < 1.29 is 14.4 Å². The Kier molecular flexibility index (Phi) is 3.98. The smallest absolute Gasteiger partial charge is 0.344 e. The van der Waals surface area contributed by atoms with Crippen LogP contribution in [0.3, 0.4) is 0 Å². The van der Waals surface area contributed by atoms with Gasteiger partial charge in [-0.25, -0.2) is 9.89 Å². The highest BCUT2D eigenvalue weighted by atomic mass is 32.2. The first-order valence-electron chi connectivity index (χ1n) is 5.86. The van der Waals surface area contributed by atoms with E-state index in [1.165, 1.54) is 4.57 Å². The quantitative estimate of drug-likeness (QED) is 0.790. The lowest BCUT2D eigenvalue weighted by atomic mass is 10.1. The highest BCUT2D eigenvalue weighted by molar-refractivity contribution is 7.99. The molecule has 0 aliphatic rings. The van der Waals surface area contributed by atoms with Gasteiger partial charge in [-0.1, -0.05) is 16.9 Å². The van der Waals surface area contributed by atoms with Crippen molar-refractivity contribution >= 4 is 17.7 Å². The molecule has 1 unspecified atom stereocenters. The van der Waals surface area contributed by atoms with Gasteiger partial charge in [-0.05, 0) is 20.8 Å². The van der Waals surface area contributed by atoms with Gasteiger partial charge in [-0.15, -0.1) is 5.10 Å². The molecule has 2 N–H and O–H groups in total. The van der Waals surface area contributed by atoms with Crippen molar-refractivity contribution in [2.75, 3.05) is 5.75 Å². The standard InChI is InChI=1S/C11H14N4O4S/c1-5-9(7(3)19-14-5)6(2)15-10(18)12-13-11(15)20-4-8(16)17/h6H,4H2,1-3H3,(H,12,18)(H,16,17). The highest BCUT2D eigenvalue weighted by Gasteiger charge is 2.23. The Morgan fingerprint density at radius 3 is 2.80 bits per heavy atom. The number of carboxylic acids is 1. The zero-order chi connectivity index (χ0) is 14.9. The second-order valence-corrected chi connectivity index (χ2v) is 5.22. The van der Waals surface area contributed by atoms with E-state index in [2.05, 4.69) is 15.4 Å². The second-order valence-electron chi connectivity index (χ2n) is 4.28. The molecule has 108 valence electrons. The number of nitrogens with one attached hydrogen (secondary N) is 1. The van der Waals surface area contributed by atoms with Gasteiger partial charge >= 0.3 is 11.7 Å². The van der Waals surface area contributed by atoms with E-state index in [1.54, 1.807) is 13.8 Å². The van der Waals surface area contributed by atoms with Crippen molar-refractivity contribution in [3.63, 3.8) is 0 Å². The van der Waals surface area contributed by atoms with Gasteiger partial charge < -0.3 is 9.63 Å². The van der Waals surface area contributed by atoms with Crippen LogP contribution in [0.4, 0.5) is 0 Å². The number of aromatic amines is 1. The minimum atomic E-state index is -0.970. The van der Waals surface area contributed by atoms with Gasteiger partial charge in [0.2, 0.25) is 0 Å². The molecule has 0 saturated carbocycles. The molecule has 0 bridgehead atoms. The molecule has 0 aromatic carbocycles. The SMILES string of the molecule is Cc1noc(C)c1C(C)n1c(SCC(=O)O)n[nH]c1=O. The number of hydrogen-bond donors (Lipinski definition) is 2. The minimum absolute atomic E-state index is 0.168. The zero-order valence-corrected chi connectivity index (χ0v) is 12.0. The fourth-order valence-electron chi connectivity index (χ4n) is 2.08. The van der Waals surface area contributed by atoms with Crippen LogP contribution in [0, 0.1) is 13.8 Å². The summed E-state index contributed by atoms with van der Waals surface area (Å²) in [5, 5.41) is 19.1. The first-order valence-corrected chi connectivity index (χ1v) is 6.84. The number of H-pyrrole nitrogens is 1. The maximum Gasteiger partial charge on any atom is 0.344 e. The highest BCUT2D eigenvalue weighted by Crippen LogP contribution is 2.26. The van der Waals surface area contributed by atoms with Gasteiger partial charge in [0.1, 0.15) is 5.76 Å². The summed E-state index contributed by atoms with van der Waals surface area (Å²) in [5.41, 5.74) is 1.09. The lowest BCUT2D eigenvalue weighted by Gasteiger charge is -2.13. The number of aliphatic carboxylic acids is 1. The molecule has 0 saturated heterocycles. The number of aryl methyl sites for hydroxylation is 2. The van der Waals surface area contributed by atoms with Gasteiger partial charge in [-0.2, -0.15) is 0 Å². The van der Waals surface area contributed by atoms with Gasteiger partial charge in [0.15, 0.2) is 5.16 Å². The van der Waals surface area contributed by atoms with Crippen molar-refractivity contribution in [1.82, 2.24) is 19.9 Å². The van der Waals surface area contributed by atoms with E-state index in [9.17, 15) is 9.59 Å². The van der Waals surface area contributed by atoms with E-state index in [0.29, 0.717) is 16.6 Å². The van der Waals surface area contributed by atoms with Crippen LogP contribution in [0.15, 0.2) is 14.5 Å². The predicted octanol–water partition coefficient (Wildman–Crippen LogP) is 0.962. The zero-order valence-electron chi connectivity index (χ0n) is 11.2. The maximum absolute atomic E-state index is 11.9. The molecule has 0 amide bonds. The molecule has 1 atom stereocenters. The predicted molar refractivity (Wildman–Crippen MR) is 71.0 cm³/mol. The number of nitrogens with zero attached hydrogens (tertiary/aromatic N) is 3. The van der Waals surface area contributed by atoms with Crippen LogP contribution >= 0.6 is 11.8 Å². The summed E-state index contributed by atoms with van der Waals surface area (Å²) in [7, 11) is 0. The number of thioether (sulfide) groups is 1. The van der Waals surface area contributed by atoms with Crippen LogP contribution in [0.5, 0.6) is 0 Å². The molecule has 2 rings (SSSR count). The number of carboxylic acid groups (broad SMARTS) is 1. The Labute approximate surface area is 118 Å². The normalized spacial score (nSPS) is 12.6. The third-order valence-corrected chi connectivity index (χ3v) is 3.83. The lowest BCUT2D eigenvalue weighted by Crippen LogP contribution is -2.23. The average molecular weight is 298 g/mol. The van der Waals surface area contributed by atoms with Crippen molar-refractivity contribution in [2.24, 2.45) is 0 Å². The first kappa shape index (κ1) is 14.4. The molecule has 2 aromatic heterocycles. The first-order chi connectivity index (χ1) is 9.41. The fourth-order valence-corrected chi connectivity index (χ4v) is 2.82. The van der Waals surface area contributed by atoms with Crippen LogP contribution in [-0.2, 0) is 4.79 Å². The Morgan fingerprint density at radius 2 is 2.25 bits per heavy atom. The number of carbonyl (C=O) groups is 1. The van der Waals surface area contributed by atoms with Crippen LogP contribution in [0.1, 0.15) is 30.0 Å². The molecule has 2 heterocycles. The van der Waals surface area contributed by atoms with E-state index in [4.69, 9.17) is 9.63 Å². The molecule has 0 radical (unpaired) electrons. The van der Waals surface area contributed by atoms with Crippen molar-refractivity contribution in [3.05, 3.63) is 27.5 Å². The molecular formula is C11H14N4O4S. The summed E-state index contributed by atoms with van der Waals surface area (Å²) in [6.45, 7) is 5.37. The van der Waals surface area contributed by atoms with E-state index >= 15 is 0 Å². The number of hydrogen-bond acceptors (Lipinski definition) is 6. The number of rotatable bonds is 5. The second kappa shape index (κ2) is 5.53. The third kappa shape index (κ3) is 2.62. The Bertz CT molecular complexity index is 667. The molecular weight excluding hydrogens is 284 g/mol. The summed E-state index contributed by atoms with van der Waals surface area (Å²) in [5.74, 6) is -0.516. The fraction of sp³-hybridized carbons (Fsp3) is 0.455. The Hall–Kier alpha value is -2.03. The summed E-state index contributed by atoms with van der Waals surface area (Å²) in [6, 6.07) is -0.344. The summed E-state index contributed by atoms with van der Waals surface area (Å²) in [6.07, 6.45) is 0. The molecule has 2 aromatic rings. The van der Waals surface area contributed by atoms with E-state index in [-0.39, 0.29) is 11.8 Å². The van der Waals surface area contributed by atoms with Gasteiger partial charge in [-0.3, -0.25) is 9.36 Å². The molecule has 9 heteroatoms. The monoisotopic (exact) mass is 298 g/mol. The van der Waals surface area contributed by atoms with Crippen molar-refractivity contribution in [2.45, 2.75) is 32.0 Å². The Morgan fingerprint density at radius 1 is 1.55 bits per heavy atom. The van der Waals surface area contributed by atoms with Crippen LogP contribution in [0.25, 0.3) is 0 Å². The average Bonchev–Trinajstić information content (AvgIpc) is 2.90. The van der Waals surface area contributed by atoms with Gasteiger partial charge in [0.25, 0.3) is 0 Å². The van der Waals surface area contributed by atoms with Crippen LogP contribution < -0.4 is 5.69 Å². The molecule has 20 heavy (non-hydrogen) atoms. The van der Waals surface area contributed by atoms with Crippen LogP contribution in [-0.4, -0.2) is 36.7 Å². The summed E-state index contributed by atoms with van der Waals surface area (Å²) >= 11 is 0.983. The molecule has 0 spiro atoms. The third-order valence-electron chi connectivity index (χ3n) is 2.89. The van der Waals surface area contributed by atoms with Gasteiger partial charge in [0, 0.05) is 5.56 Å². The molecule has 8 nitrogen and oxygen atoms in total. The molecule has 0 fully saturated rings.